The Morgan fingerprint density at radius 3 is 1.16 bits per heavy atom. The molecule has 0 radical (unpaired) electrons. The quantitative estimate of drug-likeness (QED) is 0.0272. The van der Waals surface area contributed by atoms with Gasteiger partial charge < -0.3 is 93.2 Å². The summed E-state index contributed by atoms with van der Waals surface area (Å²) in [5.74, 6) is -17.1. The molecule has 16 N–H and O–H groups in total. The predicted octanol–water partition coefficient (Wildman–Crippen LogP) is -1.24. The van der Waals surface area contributed by atoms with Crippen LogP contribution in [0.2, 0.25) is 0 Å². The Hall–Kier alpha value is -10.4. The summed E-state index contributed by atoms with van der Waals surface area (Å²) in [5.41, 5.74) is 1.05. The number of aliphatic carboxylic acids is 8. The van der Waals surface area contributed by atoms with Crippen LogP contribution in [-0.2, 0) is 80.0 Å². The summed E-state index contributed by atoms with van der Waals surface area (Å²) in [6.07, 6.45) is 5.19. The van der Waals surface area contributed by atoms with Gasteiger partial charge in [0.2, 0.25) is 35.4 Å². The van der Waals surface area contributed by atoms with Crippen LogP contribution >= 0.6 is 0 Å². The number of urea groups is 1. The lowest BCUT2D eigenvalue weighted by Crippen LogP contribution is -2.58. The molecular weight excluding hydrogens is 1300 g/mol. The Bertz CT molecular complexity index is 3050. The summed E-state index contributed by atoms with van der Waals surface area (Å²) < 4.78 is 0. The molecule has 0 aromatic heterocycles. The Balaban J connectivity index is 1.55. The zero-order valence-corrected chi connectivity index (χ0v) is 54.9. The maximum atomic E-state index is 14.4. The zero-order chi connectivity index (χ0) is 73.2. The SMILES string of the molecule is O=C(O)CC[C@H](NC(=O)N[C@@H](CCCCNC(=O)CCCCCCC(=O)NCCCCC(NC(=O)C(Cc1ccccc1)NC(=O)C(Cc1ccccc1)NC(=O)C(CNC(=O)CN1/C=C\N(CC(=O)O)CCN(CC(=O)O)CCN(CC(=O)O)CC1)C(=O)O)C(=O)O)C(=O)O)C(=O)O. The normalized spacial score (nSPS) is 15.0. The van der Waals surface area contributed by atoms with Gasteiger partial charge in [-0.1, -0.05) is 73.5 Å². The summed E-state index contributed by atoms with van der Waals surface area (Å²) >= 11 is 0. The number of carboxylic acids is 8. The van der Waals surface area contributed by atoms with Crippen LogP contribution in [0.4, 0.5) is 4.79 Å². The molecule has 35 heteroatoms. The molecule has 3 rings (SSSR count). The minimum absolute atomic E-state index is 0.0203. The third-order valence-corrected chi connectivity index (χ3v) is 15.5. The van der Waals surface area contributed by atoms with E-state index in [4.69, 9.17) is 5.11 Å². The third-order valence-electron chi connectivity index (χ3n) is 15.5. The summed E-state index contributed by atoms with van der Waals surface area (Å²) in [7, 11) is 0. The van der Waals surface area contributed by atoms with E-state index >= 15 is 0 Å². The van der Waals surface area contributed by atoms with Gasteiger partial charge in [0.05, 0.1) is 19.6 Å². The lowest BCUT2D eigenvalue weighted by atomic mass is 10.0. The standard InChI is InChI=1S/C64H92N12O23/c77-50(21-9-1-2-10-22-51(78)66-26-14-12-20-46(62(95)96)71-64(99)72-47(63(97)98)23-24-53(80)81)65-25-13-11-19-45(61(93)94)68-58(89)49(36-43-17-7-4-8-18-43)70-59(90)48(35-42-15-5-3-6-16-42)69-57(88)44(60(91)92)37-67-52(79)38-73-27-29-74(39-54(82)83)31-33-76(41-56(86)87)34-32-75(30-28-73)40-55(84)85/h3-8,15-18,27,29,44-49H,1-2,9-14,19-26,28,30-41H2,(H,65,77)(H,66,78)(H,67,79)(H,68,89)(H,69,88)(H,70,90)(H,80,81)(H,82,83)(H,84,85)(H,86,87)(H,91,92)(H,93,94)(H,95,96)(H,97,98)(H2,71,72,99)/b29-27-/t44?,45?,46-,47-,48?,49?/m0/s1. The highest BCUT2D eigenvalue weighted by molar-refractivity contribution is 6.00. The molecule has 1 heterocycles. The topological polar surface area (TPSA) is 527 Å². The number of benzene rings is 2. The molecule has 2 aromatic carbocycles. The molecule has 0 saturated heterocycles. The van der Waals surface area contributed by atoms with Crippen molar-refractivity contribution in [3.8, 4) is 0 Å². The van der Waals surface area contributed by atoms with Crippen molar-refractivity contribution >= 4 is 89.2 Å². The predicted molar refractivity (Wildman–Crippen MR) is 349 cm³/mol. The van der Waals surface area contributed by atoms with Crippen molar-refractivity contribution in [3.05, 3.63) is 84.2 Å². The van der Waals surface area contributed by atoms with Gasteiger partial charge in [0.1, 0.15) is 36.8 Å². The number of unbranched alkanes of at least 4 members (excludes halogenated alkanes) is 5. The fourth-order valence-corrected chi connectivity index (χ4v) is 10.1. The minimum atomic E-state index is -2.00. The van der Waals surface area contributed by atoms with Crippen LogP contribution in [-0.4, -0.2) is 265 Å². The van der Waals surface area contributed by atoms with E-state index in [0.717, 1.165) is 0 Å². The molecule has 546 valence electrons. The summed E-state index contributed by atoms with van der Waals surface area (Å²) in [4.78, 5) is 193. The van der Waals surface area contributed by atoms with E-state index in [2.05, 4.69) is 37.2 Å². The van der Waals surface area contributed by atoms with Gasteiger partial charge in [-0.25, -0.2) is 19.2 Å². The number of amides is 8. The first kappa shape index (κ1) is 82.8. The molecule has 0 aliphatic carbocycles. The summed E-state index contributed by atoms with van der Waals surface area (Å²) in [6.45, 7) is -1.88. The Labute approximate surface area is 570 Å². The lowest BCUT2D eigenvalue weighted by Gasteiger charge is -2.31. The number of rotatable bonds is 46. The van der Waals surface area contributed by atoms with Crippen LogP contribution in [0.3, 0.4) is 0 Å². The maximum Gasteiger partial charge on any atom is 0.326 e. The van der Waals surface area contributed by atoms with Gasteiger partial charge in [-0.3, -0.25) is 62.5 Å². The van der Waals surface area contributed by atoms with Gasteiger partial charge in [-0.15, -0.1) is 0 Å². The molecule has 0 bridgehead atoms. The highest BCUT2D eigenvalue weighted by atomic mass is 16.4. The van der Waals surface area contributed by atoms with E-state index in [-0.39, 0.29) is 116 Å². The molecule has 35 nitrogen and oxygen atoms in total. The second-order valence-corrected chi connectivity index (χ2v) is 23.5. The Morgan fingerprint density at radius 2 is 0.747 bits per heavy atom. The van der Waals surface area contributed by atoms with Gasteiger partial charge >= 0.3 is 53.8 Å². The second kappa shape index (κ2) is 45.9. The van der Waals surface area contributed by atoms with Crippen molar-refractivity contribution in [1.82, 2.24) is 62.1 Å². The van der Waals surface area contributed by atoms with Crippen LogP contribution in [0.25, 0.3) is 0 Å². The summed E-state index contributed by atoms with van der Waals surface area (Å²) in [6, 6.07) is 8.17. The third kappa shape index (κ3) is 36.5. The molecule has 0 saturated carbocycles. The van der Waals surface area contributed by atoms with Crippen LogP contribution in [0.1, 0.15) is 101 Å². The maximum absolute atomic E-state index is 14.4. The van der Waals surface area contributed by atoms with Gasteiger partial charge in [-0.05, 0) is 68.9 Å². The zero-order valence-electron chi connectivity index (χ0n) is 54.9. The molecule has 99 heavy (non-hydrogen) atoms. The number of hydrogen-bond donors (Lipinski definition) is 16. The van der Waals surface area contributed by atoms with Crippen LogP contribution in [0.15, 0.2) is 73.1 Å². The molecule has 4 unspecified atom stereocenters. The van der Waals surface area contributed by atoms with Crippen LogP contribution in [0, 0.1) is 5.92 Å². The van der Waals surface area contributed by atoms with Crippen molar-refractivity contribution in [2.75, 3.05) is 85.1 Å². The molecule has 2 aromatic rings. The smallest absolute Gasteiger partial charge is 0.326 e. The minimum Gasteiger partial charge on any atom is -0.481 e. The van der Waals surface area contributed by atoms with Gasteiger partial charge in [0, 0.05) is 103 Å². The molecule has 6 atom stereocenters. The number of hydrogen-bond acceptors (Lipinski definition) is 19. The van der Waals surface area contributed by atoms with E-state index in [1.807, 2.05) is 5.32 Å². The number of carbonyl (C=O) groups excluding carboxylic acids is 7. The van der Waals surface area contributed by atoms with E-state index in [9.17, 15) is 108 Å². The summed E-state index contributed by atoms with van der Waals surface area (Å²) in [5, 5.41) is 96.3. The van der Waals surface area contributed by atoms with Gasteiger partial charge in [0.15, 0.2) is 5.92 Å². The van der Waals surface area contributed by atoms with Crippen molar-refractivity contribution in [1.29, 1.82) is 0 Å². The first-order valence-corrected chi connectivity index (χ1v) is 32.3. The van der Waals surface area contributed by atoms with Crippen LogP contribution < -0.4 is 42.5 Å². The van der Waals surface area contributed by atoms with E-state index in [1.165, 1.54) is 32.0 Å². The first-order chi connectivity index (χ1) is 47.1. The molecule has 0 fully saturated rings. The van der Waals surface area contributed by atoms with E-state index in [0.29, 0.717) is 49.7 Å². The number of carboxylic acid groups (broad SMARTS) is 8. The van der Waals surface area contributed by atoms with Crippen molar-refractivity contribution < 1.29 is 113 Å². The molecule has 8 amide bonds. The second-order valence-electron chi connectivity index (χ2n) is 23.5. The lowest BCUT2D eigenvalue weighted by molar-refractivity contribution is -0.148. The molecule has 1 aliphatic rings. The molecular formula is C64H92N12O23. The highest BCUT2D eigenvalue weighted by Gasteiger charge is 2.34. The fourth-order valence-electron chi connectivity index (χ4n) is 10.1. The average Bonchev–Trinajstić information content (AvgIpc) is 0.861. The molecule has 1 aliphatic heterocycles. The average molecular weight is 1400 g/mol. The number of carbonyl (C=O) groups is 15. The van der Waals surface area contributed by atoms with Crippen molar-refractivity contribution in [3.63, 3.8) is 0 Å². The first-order valence-electron chi connectivity index (χ1n) is 32.3. The number of nitrogens with zero attached hydrogens (tertiary/aromatic N) is 4. The monoisotopic (exact) mass is 1400 g/mol. The highest BCUT2D eigenvalue weighted by Crippen LogP contribution is 2.13. The molecule has 0 spiro atoms. The largest absolute Gasteiger partial charge is 0.481 e. The fraction of sp³-hybridized carbons (Fsp3) is 0.547. The van der Waals surface area contributed by atoms with E-state index in [1.54, 1.807) is 60.7 Å². The Kier molecular flexibility index (Phi) is 38.4. The Morgan fingerprint density at radius 1 is 0.354 bits per heavy atom. The van der Waals surface area contributed by atoms with Crippen molar-refractivity contribution in [2.24, 2.45) is 5.92 Å². The van der Waals surface area contributed by atoms with Gasteiger partial charge in [-0.2, -0.15) is 0 Å². The van der Waals surface area contributed by atoms with E-state index < -0.39 is 159 Å². The number of nitrogens with one attached hydrogen (secondary N) is 8. The van der Waals surface area contributed by atoms with Crippen LogP contribution in [0.5, 0.6) is 0 Å². The van der Waals surface area contributed by atoms with Crippen molar-refractivity contribution in [2.45, 2.75) is 133 Å². The van der Waals surface area contributed by atoms with Gasteiger partial charge in [0.25, 0.3) is 0 Å².